The Kier molecular flexibility index (Phi) is 6.58. The van der Waals surface area contributed by atoms with Crippen molar-refractivity contribution in [2.45, 2.75) is 6.54 Å². The van der Waals surface area contributed by atoms with Crippen LogP contribution in [0.25, 0.3) is 0 Å². The van der Waals surface area contributed by atoms with Crippen LogP contribution in [0.3, 0.4) is 0 Å². The van der Waals surface area contributed by atoms with Crippen molar-refractivity contribution < 1.29 is 0 Å². The molecule has 9 heteroatoms. The summed E-state index contributed by atoms with van der Waals surface area (Å²) in [5.41, 5.74) is 1.16. The van der Waals surface area contributed by atoms with Crippen LogP contribution in [0, 0.1) is 0 Å². The van der Waals surface area contributed by atoms with Gasteiger partial charge < -0.3 is 24.9 Å². The summed E-state index contributed by atoms with van der Waals surface area (Å²) in [5.74, 6) is 2.79. The highest BCUT2D eigenvalue weighted by atomic mass is 15.4. The Hall–Kier alpha value is -2.94. The standard InChI is InChI=1S/C21H31N9/c1-22-20(29-12-14-30(15-13-29)21-23-6-3-7-24-21)26-17-18-4-5-19(25-16-18)28-10-8-27(2)9-11-28/h3-7,16H,8-15,17H2,1-2H3,(H,22,26). The van der Waals surface area contributed by atoms with E-state index >= 15 is 0 Å². The SMILES string of the molecule is CN=C(NCc1ccc(N2CCN(C)CC2)nc1)N1CCN(c2ncccn2)CC1. The summed E-state index contributed by atoms with van der Waals surface area (Å²) in [6.45, 7) is 8.50. The normalized spacial score (nSPS) is 18.6. The van der Waals surface area contributed by atoms with Crippen molar-refractivity contribution in [3.8, 4) is 0 Å². The van der Waals surface area contributed by atoms with Gasteiger partial charge in [0.2, 0.25) is 5.95 Å². The molecule has 0 spiro atoms. The molecule has 2 aliphatic heterocycles. The number of anilines is 2. The molecule has 160 valence electrons. The highest BCUT2D eigenvalue weighted by molar-refractivity contribution is 5.80. The van der Waals surface area contributed by atoms with Gasteiger partial charge in [-0.15, -0.1) is 0 Å². The first-order valence-electron chi connectivity index (χ1n) is 10.6. The van der Waals surface area contributed by atoms with Gasteiger partial charge >= 0.3 is 0 Å². The minimum absolute atomic E-state index is 0.713. The first-order chi connectivity index (χ1) is 14.7. The Morgan fingerprint density at radius 3 is 2.27 bits per heavy atom. The molecule has 30 heavy (non-hydrogen) atoms. The molecule has 2 saturated heterocycles. The van der Waals surface area contributed by atoms with Crippen molar-refractivity contribution in [2.24, 2.45) is 4.99 Å². The average molecular weight is 410 g/mol. The zero-order valence-corrected chi connectivity index (χ0v) is 17.9. The largest absolute Gasteiger partial charge is 0.354 e. The third-order valence-corrected chi connectivity index (χ3v) is 5.71. The fourth-order valence-electron chi connectivity index (χ4n) is 3.83. The predicted octanol–water partition coefficient (Wildman–Crippen LogP) is 0.521. The number of piperazine rings is 2. The Bertz CT molecular complexity index is 808. The van der Waals surface area contributed by atoms with E-state index in [2.05, 4.69) is 64.0 Å². The van der Waals surface area contributed by atoms with Gasteiger partial charge in [-0.2, -0.15) is 0 Å². The maximum atomic E-state index is 4.68. The number of rotatable bonds is 4. The van der Waals surface area contributed by atoms with Crippen LogP contribution in [0.4, 0.5) is 11.8 Å². The topological polar surface area (TPSA) is 76.0 Å². The van der Waals surface area contributed by atoms with Crippen molar-refractivity contribution in [2.75, 3.05) is 76.3 Å². The minimum atomic E-state index is 0.713. The Labute approximate surface area is 178 Å². The fourth-order valence-corrected chi connectivity index (χ4v) is 3.83. The molecule has 0 bridgehead atoms. The molecule has 0 atom stereocenters. The van der Waals surface area contributed by atoms with Crippen LogP contribution in [-0.2, 0) is 6.54 Å². The fraction of sp³-hybridized carbons (Fsp3) is 0.524. The molecule has 2 aromatic rings. The summed E-state index contributed by atoms with van der Waals surface area (Å²) >= 11 is 0. The molecule has 0 aliphatic carbocycles. The van der Waals surface area contributed by atoms with E-state index < -0.39 is 0 Å². The van der Waals surface area contributed by atoms with Gasteiger partial charge in [0.05, 0.1) is 0 Å². The lowest BCUT2D eigenvalue weighted by Crippen LogP contribution is -2.52. The van der Waals surface area contributed by atoms with E-state index in [1.165, 1.54) is 0 Å². The van der Waals surface area contributed by atoms with Crippen molar-refractivity contribution in [3.63, 3.8) is 0 Å². The Morgan fingerprint density at radius 2 is 1.63 bits per heavy atom. The van der Waals surface area contributed by atoms with Crippen LogP contribution < -0.4 is 15.1 Å². The van der Waals surface area contributed by atoms with E-state index in [4.69, 9.17) is 0 Å². The van der Waals surface area contributed by atoms with Crippen molar-refractivity contribution in [3.05, 3.63) is 42.4 Å². The highest BCUT2D eigenvalue weighted by Crippen LogP contribution is 2.14. The smallest absolute Gasteiger partial charge is 0.225 e. The van der Waals surface area contributed by atoms with E-state index in [9.17, 15) is 0 Å². The van der Waals surface area contributed by atoms with Gasteiger partial charge in [0.25, 0.3) is 0 Å². The third kappa shape index (κ3) is 4.96. The number of nitrogens with zero attached hydrogens (tertiary/aromatic N) is 8. The monoisotopic (exact) mass is 409 g/mol. The van der Waals surface area contributed by atoms with Crippen molar-refractivity contribution in [1.29, 1.82) is 0 Å². The summed E-state index contributed by atoms with van der Waals surface area (Å²) in [5, 5.41) is 3.48. The van der Waals surface area contributed by atoms with Gasteiger partial charge in [0.15, 0.2) is 5.96 Å². The number of hydrogen-bond donors (Lipinski definition) is 1. The molecule has 0 amide bonds. The first-order valence-corrected chi connectivity index (χ1v) is 10.6. The Morgan fingerprint density at radius 1 is 0.933 bits per heavy atom. The first kappa shape index (κ1) is 20.3. The van der Waals surface area contributed by atoms with Gasteiger partial charge in [-0.25, -0.2) is 15.0 Å². The van der Waals surface area contributed by atoms with Crippen LogP contribution >= 0.6 is 0 Å². The zero-order valence-electron chi connectivity index (χ0n) is 17.9. The third-order valence-electron chi connectivity index (χ3n) is 5.71. The second-order valence-corrected chi connectivity index (χ2v) is 7.74. The van der Waals surface area contributed by atoms with Crippen molar-refractivity contribution in [1.82, 2.24) is 30.1 Å². The number of aliphatic imine (C=N–C) groups is 1. The molecular weight excluding hydrogens is 378 g/mol. The van der Waals surface area contributed by atoms with Crippen molar-refractivity contribution >= 4 is 17.7 Å². The lowest BCUT2D eigenvalue weighted by Gasteiger charge is -2.36. The van der Waals surface area contributed by atoms with E-state index in [1.54, 1.807) is 12.4 Å². The molecule has 1 N–H and O–H groups in total. The van der Waals surface area contributed by atoms with E-state index in [0.717, 1.165) is 75.6 Å². The van der Waals surface area contributed by atoms with E-state index in [-0.39, 0.29) is 0 Å². The number of aromatic nitrogens is 3. The number of hydrogen-bond acceptors (Lipinski definition) is 7. The Balaban J connectivity index is 1.27. The summed E-state index contributed by atoms with van der Waals surface area (Å²) < 4.78 is 0. The minimum Gasteiger partial charge on any atom is -0.354 e. The maximum absolute atomic E-state index is 4.68. The second kappa shape index (κ2) is 9.71. The molecule has 2 fully saturated rings. The molecule has 4 heterocycles. The van der Waals surface area contributed by atoms with Crippen LogP contribution in [0.5, 0.6) is 0 Å². The van der Waals surface area contributed by atoms with Gasteiger partial charge in [0.1, 0.15) is 5.82 Å². The molecule has 2 aliphatic rings. The van der Waals surface area contributed by atoms with E-state index in [0.29, 0.717) is 6.54 Å². The quantitative estimate of drug-likeness (QED) is 0.579. The van der Waals surface area contributed by atoms with Crippen LogP contribution in [0.15, 0.2) is 41.8 Å². The predicted molar refractivity (Wildman–Crippen MR) is 120 cm³/mol. The van der Waals surface area contributed by atoms with Gasteiger partial charge in [0, 0.05) is 84.5 Å². The molecule has 9 nitrogen and oxygen atoms in total. The molecule has 0 aromatic carbocycles. The van der Waals surface area contributed by atoms with Crippen LogP contribution in [-0.4, -0.2) is 97.2 Å². The molecule has 0 unspecified atom stereocenters. The summed E-state index contributed by atoms with van der Waals surface area (Å²) in [4.78, 5) is 27.1. The molecule has 0 saturated carbocycles. The lowest BCUT2D eigenvalue weighted by molar-refractivity contribution is 0.312. The molecule has 2 aromatic heterocycles. The second-order valence-electron chi connectivity index (χ2n) is 7.74. The number of pyridine rings is 1. The summed E-state index contributed by atoms with van der Waals surface area (Å²) in [7, 11) is 4.01. The molecule has 4 rings (SSSR count). The zero-order chi connectivity index (χ0) is 20.8. The van der Waals surface area contributed by atoms with Crippen LogP contribution in [0.2, 0.25) is 0 Å². The van der Waals surface area contributed by atoms with E-state index in [1.807, 2.05) is 19.3 Å². The summed E-state index contributed by atoms with van der Waals surface area (Å²) in [6, 6.07) is 6.13. The molecule has 0 radical (unpaired) electrons. The number of nitrogens with one attached hydrogen (secondary N) is 1. The van der Waals surface area contributed by atoms with Gasteiger partial charge in [-0.1, -0.05) is 6.07 Å². The number of likely N-dealkylation sites (N-methyl/N-ethyl adjacent to an activating group) is 1. The summed E-state index contributed by atoms with van der Waals surface area (Å²) in [6.07, 6.45) is 5.55. The highest BCUT2D eigenvalue weighted by Gasteiger charge is 2.21. The maximum Gasteiger partial charge on any atom is 0.225 e. The number of guanidine groups is 1. The van der Waals surface area contributed by atoms with Gasteiger partial charge in [-0.05, 0) is 24.7 Å². The molecular formula is C21H31N9. The van der Waals surface area contributed by atoms with Crippen LogP contribution in [0.1, 0.15) is 5.56 Å². The average Bonchev–Trinajstić information content (AvgIpc) is 2.81. The lowest BCUT2D eigenvalue weighted by atomic mass is 10.2. The van der Waals surface area contributed by atoms with Gasteiger partial charge in [-0.3, -0.25) is 4.99 Å².